The molecule has 0 N–H and O–H groups in total. The lowest BCUT2D eigenvalue weighted by molar-refractivity contribution is -0.150. The van der Waals surface area contributed by atoms with Gasteiger partial charge in [0.2, 0.25) is 0 Å². The molecule has 0 saturated carbocycles. The van der Waals surface area contributed by atoms with Crippen molar-refractivity contribution in [1.82, 2.24) is 9.88 Å². The van der Waals surface area contributed by atoms with E-state index in [1.165, 1.54) is 22.3 Å². The highest BCUT2D eigenvalue weighted by atomic mass is 35.5. The Balaban J connectivity index is 1.52. The molecule has 132 valence electrons. The third-order valence-electron chi connectivity index (χ3n) is 5.62. The van der Waals surface area contributed by atoms with Crippen LogP contribution in [0.5, 0.6) is 0 Å². The highest BCUT2D eigenvalue weighted by Gasteiger charge is 2.49. The Kier molecular flexibility index (Phi) is 4.14. The van der Waals surface area contributed by atoms with Crippen LogP contribution < -0.4 is 0 Å². The summed E-state index contributed by atoms with van der Waals surface area (Å²) < 4.78 is 6.66. The van der Waals surface area contributed by atoms with Crippen molar-refractivity contribution in [3.8, 4) is 0 Å². The van der Waals surface area contributed by atoms with E-state index < -0.39 is 0 Å². The van der Waals surface area contributed by atoms with E-state index in [0.717, 1.165) is 32.5 Å². The fraction of sp³-hybridized carbons (Fsp3) is 0.476. The van der Waals surface area contributed by atoms with E-state index in [9.17, 15) is 0 Å². The molecule has 4 heteroatoms. The molecular formula is C21H25ClN2O. The summed E-state index contributed by atoms with van der Waals surface area (Å²) in [6, 6.07) is 10.7. The minimum absolute atomic E-state index is 0.125. The highest BCUT2D eigenvalue weighted by molar-refractivity contribution is 6.29. The second kappa shape index (κ2) is 6.08. The normalized spacial score (nSPS) is 21.4. The summed E-state index contributed by atoms with van der Waals surface area (Å²) >= 11 is 5.88. The average Bonchev–Trinajstić information content (AvgIpc) is 2.79. The third-order valence-corrected chi connectivity index (χ3v) is 5.85. The number of fused-ring (bicyclic) bond motifs is 2. The number of ether oxygens (including phenoxy) is 1. The van der Waals surface area contributed by atoms with Crippen LogP contribution in [0.1, 0.15) is 48.9 Å². The van der Waals surface area contributed by atoms with Gasteiger partial charge in [-0.3, -0.25) is 4.90 Å². The van der Waals surface area contributed by atoms with Crippen molar-refractivity contribution in [3.63, 3.8) is 0 Å². The lowest BCUT2D eigenvalue weighted by Crippen LogP contribution is -2.43. The van der Waals surface area contributed by atoms with E-state index in [1.54, 1.807) is 0 Å². The van der Waals surface area contributed by atoms with E-state index in [1.807, 2.05) is 12.3 Å². The lowest BCUT2D eigenvalue weighted by Gasteiger charge is -2.40. The van der Waals surface area contributed by atoms with Crippen molar-refractivity contribution >= 4 is 11.6 Å². The predicted molar refractivity (Wildman–Crippen MR) is 101 cm³/mol. The number of rotatable bonds is 2. The number of aromatic nitrogens is 1. The van der Waals surface area contributed by atoms with Crippen molar-refractivity contribution in [1.29, 1.82) is 0 Å². The molecule has 3 nitrogen and oxygen atoms in total. The monoisotopic (exact) mass is 356 g/mol. The van der Waals surface area contributed by atoms with E-state index in [2.05, 4.69) is 54.9 Å². The number of hydrogen-bond acceptors (Lipinski definition) is 3. The van der Waals surface area contributed by atoms with Gasteiger partial charge in [-0.15, -0.1) is 0 Å². The summed E-state index contributed by atoms with van der Waals surface area (Å²) in [6.07, 6.45) is 3.95. The molecule has 1 spiro atoms. The summed E-state index contributed by atoms with van der Waals surface area (Å²) in [5, 5.41) is 0.551. The van der Waals surface area contributed by atoms with Gasteiger partial charge in [0.05, 0.1) is 11.2 Å². The van der Waals surface area contributed by atoms with Crippen LogP contribution in [-0.4, -0.2) is 23.0 Å². The largest absolute Gasteiger partial charge is 0.360 e. The van der Waals surface area contributed by atoms with Gasteiger partial charge in [0, 0.05) is 25.8 Å². The van der Waals surface area contributed by atoms with Gasteiger partial charge in [-0.2, -0.15) is 0 Å². The van der Waals surface area contributed by atoms with E-state index in [0.29, 0.717) is 5.15 Å². The Hall–Kier alpha value is -1.42. The van der Waals surface area contributed by atoms with Gasteiger partial charge in [0.1, 0.15) is 5.15 Å². The summed E-state index contributed by atoms with van der Waals surface area (Å²) in [4.78, 5) is 6.67. The van der Waals surface area contributed by atoms with Crippen molar-refractivity contribution in [2.75, 3.05) is 13.1 Å². The van der Waals surface area contributed by atoms with Gasteiger partial charge < -0.3 is 4.74 Å². The minimum atomic E-state index is -0.203. The highest BCUT2D eigenvalue weighted by Crippen LogP contribution is 2.52. The van der Waals surface area contributed by atoms with Gasteiger partial charge in [0.15, 0.2) is 0 Å². The second-order valence-electron chi connectivity index (χ2n) is 7.92. The topological polar surface area (TPSA) is 25.4 Å². The maximum Gasteiger partial charge on any atom is 0.129 e. The molecule has 1 fully saturated rings. The first-order valence-electron chi connectivity index (χ1n) is 9.03. The number of hydrogen-bond donors (Lipinski definition) is 0. The molecule has 0 bridgehead atoms. The fourth-order valence-corrected chi connectivity index (χ4v) is 4.47. The lowest BCUT2D eigenvalue weighted by atomic mass is 9.81. The van der Waals surface area contributed by atoms with Crippen molar-refractivity contribution in [2.24, 2.45) is 0 Å². The zero-order chi connectivity index (χ0) is 17.7. The Morgan fingerprint density at radius 2 is 1.88 bits per heavy atom. The summed E-state index contributed by atoms with van der Waals surface area (Å²) in [5.41, 5.74) is 4.96. The van der Waals surface area contributed by atoms with Crippen molar-refractivity contribution < 1.29 is 4.74 Å². The molecule has 0 atom stereocenters. The van der Waals surface area contributed by atoms with Gasteiger partial charge >= 0.3 is 0 Å². The molecule has 2 aliphatic heterocycles. The first-order chi connectivity index (χ1) is 11.9. The molecule has 0 aliphatic carbocycles. The fourth-order valence-electron chi connectivity index (χ4n) is 4.36. The number of aryl methyl sites for hydroxylation is 1. The molecule has 25 heavy (non-hydrogen) atoms. The van der Waals surface area contributed by atoms with Crippen LogP contribution in [0.3, 0.4) is 0 Å². The second-order valence-corrected chi connectivity index (χ2v) is 8.31. The molecule has 1 aromatic carbocycles. The average molecular weight is 357 g/mol. The number of pyridine rings is 1. The zero-order valence-corrected chi connectivity index (χ0v) is 15.9. The van der Waals surface area contributed by atoms with Gasteiger partial charge in [0.25, 0.3) is 0 Å². The number of likely N-dealkylation sites (tertiary alicyclic amines) is 1. The SMILES string of the molecule is Cc1ccc2c(c1)C1(CCN(Cc3ccc(Cl)nc3)CC1)OC2(C)C. The van der Waals surface area contributed by atoms with Crippen molar-refractivity contribution in [3.05, 3.63) is 63.9 Å². The van der Waals surface area contributed by atoms with Crippen LogP contribution in [-0.2, 0) is 22.5 Å². The van der Waals surface area contributed by atoms with Crippen LogP contribution in [0.2, 0.25) is 5.15 Å². The number of piperidine rings is 1. The van der Waals surface area contributed by atoms with Gasteiger partial charge in [-0.25, -0.2) is 4.98 Å². The Morgan fingerprint density at radius 3 is 2.56 bits per heavy atom. The molecule has 3 heterocycles. The minimum Gasteiger partial charge on any atom is -0.360 e. The first-order valence-corrected chi connectivity index (χ1v) is 9.40. The quantitative estimate of drug-likeness (QED) is 0.723. The standard InChI is InChI=1S/C21H25ClN2O/c1-15-4-6-17-18(12-15)21(25-20(17,2)3)8-10-24(11-9-21)14-16-5-7-19(22)23-13-16/h4-7,12-13H,8-11,14H2,1-3H3. The Bertz CT molecular complexity index is 777. The van der Waals surface area contributed by atoms with Crippen LogP contribution in [0.4, 0.5) is 0 Å². The smallest absolute Gasteiger partial charge is 0.129 e. The third kappa shape index (κ3) is 3.10. The van der Waals surface area contributed by atoms with E-state index in [4.69, 9.17) is 16.3 Å². The number of benzene rings is 1. The summed E-state index contributed by atoms with van der Waals surface area (Å²) in [5.74, 6) is 0. The molecule has 4 rings (SSSR count). The van der Waals surface area contributed by atoms with Crippen LogP contribution in [0, 0.1) is 6.92 Å². The molecule has 1 saturated heterocycles. The molecule has 0 unspecified atom stereocenters. The first kappa shape index (κ1) is 17.0. The predicted octanol–water partition coefficient (Wildman–Crippen LogP) is 4.80. The maximum absolute atomic E-state index is 6.66. The van der Waals surface area contributed by atoms with E-state index >= 15 is 0 Å². The number of nitrogens with zero attached hydrogens (tertiary/aromatic N) is 2. The molecule has 0 amide bonds. The maximum atomic E-state index is 6.66. The van der Waals surface area contributed by atoms with Gasteiger partial charge in [-0.1, -0.05) is 41.4 Å². The molecule has 1 aromatic heterocycles. The molecule has 2 aliphatic rings. The van der Waals surface area contributed by atoms with E-state index in [-0.39, 0.29) is 11.2 Å². The summed E-state index contributed by atoms with van der Waals surface area (Å²) in [7, 11) is 0. The Labute approximate surface area is 155 Å². The molecule has 0 radical (unpaired) electrons. The summed E-state index contributed by atoms with van der Waals surface area (Å²) in [6.45, 7) is 9.55. The molecular weight excluding hydrogens is 332 g/mol. The van der Waals surface area contributed by atoms with Crippen LogP contribution in [0.15, 0.2) is 36.5 Å². The van der Waals surface area contributed by atoms with Crippen LogP contribution in [0.25, 0.3) is 0 Å². The number of halogens is 1. The van der Waals surface area contributed by atoms with Crippen LogP contribution >= 0.6 is 11.6 Å². The van der Waals surface area contributed by atoms with Gasteiger partial charge in [-0.05, 0) is 56.4 Å². The Morgan fingerprint density at radius 1 is 1.12 bits per heavy atom. The zero-order valence-electron chi connectivity index (χ0n) is 15.2. The van der Waals surface area contributed by atoms with Crippen molar-refractivity contribution in [2.45, 2.75) is 51.4 Å². The molecule has 2 aromatic rings.